The Hall–Kier alpha value is -2.55. The number of hydrogen-bond donors (Lipinski definition) is 1. The Morgan fingerprint density at radius 2 is 2.08 bits per heavy atom. The molecule has 0 aromatic heterocycles. The number of anilines is 1. The minimum Gasteiger partial charge on any atom is -0.444 e. The number of alkyl carbamates (subject to hydrolysis) is 1. The van der Waals surface area contributed by atoms with Gasteiger partial charge in [0.2, 0.25) is 0 Å². The first-order valence-electron chi connectivity index (χ1n) is 8.49. The lowest BCUT2D eigenvalue weighted by molar-refractivity contribution is 0.0500. The molecule has 1 saturated heterocycles. The van der Waals surface area contributed by atoms with Crippen molar-refractivity contribution >= 4 is 17.6 Å². The lowest BCUT2D eigenvalue weighted by Crippen LogP contribution is -2.49. The molecule has 1 aromatic rings. The van der Waals surface area contributed by atoms with Gasteiger partial charge in [-0.2, -0.15) is 5.26 Å². The quantitative estimate of drug-likeness (QED) is 0.852. The molecule has 1 atom stereocenters. The highest BCUT2D eigenvalue weighted by atomic mass is 16.6. The molecule has 1 heterocycles. The van der Waals surface area contributed by atoms with Crippen LogP contribution in [0.25, 0.3) is 0 Å². The number of ketones is 1. The summed E-state index contributed by atoms with van der Waals surface area (Å²) in [4.78, 5) is 25.7. The first-order valence-corrected chi connectivity index (χ1v) is 8.49. The molecule has 1 aliphatic rings. The summed E-state index contributed by atoms with van der Waals surface area (Å²) in [5.41, 5.74) is 1.31. The molecule has 1 aromatic carbocycles. The zero-order valence-electron chi connectivity index (χ0n) is 15.3. The molecule has 0 radical (unpaired) electrons. The smallest absolute Gasteiger partial charge is 0.407 e. The minimum atomic E-state index is -0.539. The number of ether oxygens (including phenoxy) is 1. The van der Waals surface area contributed by atoms with Gasteiger partial charge in [0.25, 0.3) is 0 Å². The fraction of sp³-hybridized carbons (Fsp3) is 0.526. The molecule has 6 nitrogen and oxygen atoms in total. The molecule has 2 rings (SSSR count). The van der Waals surface area contributed by atoms with Crippen molar-refractivity contribution in [2.24, 2.45) is 0 Å². The Bertz CT molecular complexity index is 701. The monoisotopic (exact) mass is 343 g/mol. The summed E-state index contributed by atoms with van der Waals surface area (Å²) in [5, 5.41) is 12.3. The summed E-state index contributed by atoms with van der Waals surface area (Å²) >= 11 is 0. The highest BCUT2D eigenvalue weighted by Crippen LogP contribution is 2.26. The zero-order chi connectivity index (χ0) is 18.6. The van der Waals surface area contributed by atoms with Gasteiger partial charge in [-0.3, -0.25) is 4.79 Å². The van der Waals surface area contributed by atoms with E-state index < -0.39 is 11.7 Å². The summed E-state index contributed by atoms with van der Waals surface area (Å²) < 4.78 is 5.31. The largest absolute Gasteiger partial charge is 0.444 e. The number of piperidine rings is 1. The van der Waals surface area contributed by atoms with E-state index in [9.17, 15) is 14.9 Å². The normalized spacial score (nSPS) is 17.6. The predicted octanol–water partition coefficient (Wildman–Crippen LogP) is 3.25. The maximum Gasteiger partial charge on any atom is 0.407 e. The van der Waals surface area contributed by atoms with Crippen molar-refractivity contribution in [2.45, 2.75) is 52.2 Å². The van der Waals surface area contributed by atoms with Crippen molar-refractivity contribution in [1.82, 2.24) is 5.32 Å². The second-order valence-electron chi connectivity index (χ2n) is 7.33. The van der Waals surface area contributed by atoms with Crippen LogP contribution in [0.3, 0.4) is 0 Å². The number of nitriles is 1. The average molecular weight is 343 g/mol. The maximum atomic E-state index is 12.0. The van der Waals surface area contributed by atoms with Gasteiger partial charge in [-0.1, -0.05) is 0 Å². The Kier molecular flexibility index (Phi) is 5.68. The second-order valence-corrected chi connectivity index (χ2v) is 7.33. The molecule has 0 bridgehead atoms. The number of benzene rings is 1. The first kappa shape index (κ1) is 18.8. The Labute approximate surface area is 148 Å². The van der Waals surface area contributed by atoms with E-state index in [1.54, 1.807) is 18.2 Å². The van der Waals surface area contributed by atoms with Gasteiger partial charge >= 0.3 is 6.09 Å². The van der Waals surface area contributed by atoms with E-state index in [0.717, 1.165) is 25.1 Å². The highest BCUT2D eigenvalue weighted by Gasteiger charge is 2.25. The van der Waals surface area contributed by atoms with E-state index in [-0.39, 0.29) is 11.8 Å². The van der Waals surface area contributed by atoms with Crippen molar-refractivity contribution in [3.05, 3.63) is 29.3 Å². The summed E-state index contributed by atoms with van der Waals surface area (Å²) in [6, 6.07) is 7.23. The maximum absolute atomic E-state index is 12.0. The number of carbonyl (C=O) groups is 2. The number of nitrogens with one attached hydrogen (secondary N) is 1. The molecule has 25 heavy (non-hydrogen) atoms. The van der Waals surface area contributed by atoms with E-state index in [1.807, 2.05) is 20.8 Å². The number of hydrogen-bond acceptors (Lipinski definition) is 5. The van der Waals surface area contributed by atoms with E-state index in [2.05, 4.69) is 16.3 Å². The molecule has 1 aliphatic heterocycles. The SMILES string of the molecule is CC(=O)c1ccc(C#N)c(N2CCCC(NC(=O)OC(C)(C)C)C2)c1. The van der Waals surface area contributed by atoms with Crippen LogP contribution in [0.1, 0.15) is 56.5 Å². The molecule has 0 spiro atoms. The van der Waals surface area contributed by atoms with Crippen molar-refractivity contribution in [3.8, 4) is 6.07 Å². The third-order valence-corrected chi connectivity index (χ3v) is 4.01. The van der Waals surface area contributed by atoms with Gasteiger partial charge in [0.05, 0.1) is 11.3 Å². The Morgan fingerprint density at radius 1 is 1.36 bits per heavy atom. The molecular weight excluding hydrogens is 318 g/mol. The standard InChI is InChI=1S/C19H25N3O3/c1-13(23)14-7-8-15(11-20)17(10-14)22-9-5-6-16(12-22)21-18(24)25-19(2,3)4/h7-8,10,16H,5-6,9,12H2,1-4H3,(H,21,24). The predicted molar refractivity (Wildman–Crippen MR) is 95.8 cm³/mol. The average Bonchev–Trinajstić information content (AvgIpc) is 2.52. The van der Waals surface area contributed by atoms with Crippen LogP contribution >= 0.6 is 0 Å². The molecule has 134 valence electrons. The number of amides is 1. The van der Waals surface area contributed by atoms with Crippen LogP contribution in [0.15, 0.2) is 18.2 Å². The van der Waals surface area contributed by atoms with Crippen LogP contribution < -0.4 is 10.2 Å². The first-order chi connectivity index (χ1) is 11.7. The summed E-state index contributed by atoms with van der Waals surface area (Å²) in [6.45, 7) is 8.34. The zero-order valence-corrected chi connectivity index (χ0v) is 15.3. The van der Waals surface area contributed by atoms with E-state index in [4.69, 9.17) is 4.74 Å². The van der Waals surface area contributed by atoms with Crippen molar-refractivity contribution < 1.29 is 14.3 Å². The third-order valence-electron chi connectivity index (χ3n) is 4.01. The molecule has 1 fully saturated rings. The molecule has 1 N–H and O–H groups in total. The molecule has 1 unspecified atom stereocenters. The third kappa shape index (κ3) is 5.21. The number of Topliss-reactive ketones (excluding diaryl/α,β-unsaturated/α-hetero) is 1. The molecule has 0 aliphatic carbocycles. The van der Waals surface area contributed by atoms with E-state index in [0.29, 0.717) is 17.7 Å². The van der Waals surface area contributed by atoms with Gasteiger partial charge in [-0.25, -0.2) is 4.79 Å². The van der Waals surface area contributed by atoms with Crippen LogP contribution in [0.2, 0.25) is 0 Å². The minimum absolute atomic E-state index is 0.0359. The topological polar surface area (TPSA) is 82.4 Å². The molecule has 0 saturated carbocycles. The summed E-state index contributed by atoms with van der Waals surface area (Å²) in [6.07, 6.45) is 1.30. The lowest BCUT2D eigenvalue weighted by atomic mass is 10.0. The second kappa shape index (κ2) is 7.56. The molecule has 6 heteroatoms. The van der Waals surface area contributed by atoms with Crippen molar-refractivity contribution in [2.75, 3.05) is 18.0 Å². The van der Waals surface area contributed by atoms with Crippen molar-refractivity contribution in [3.63, 3.8) is 0 Å². The number of carbonyl (C=O) groups excluding carboxylic acids is 2. The van der Waals surface area contributed by atoms with Gasteiger partial charge in [0.1, 0.15) is 11.7 Å². The van der Waals surface area contributed by atoms with Gasteiger partial charge in [-0.15, -0.1) is 0 Å². The van der Waals surface area contributed by atoms with Gasteiger partial charge in [0.15, 0.2) is 5.78 Å². The van der Waals surface area contributed by atoms with Gasteiger partial charge in [0, 0.05) is 24.7 Å². The summed E-state index contributed by atoms with van der Waals surface area (Å²) in [5.74, 6) is -0.0359. The van der Waals surface area contributed by atoms with Crippen molar-refractivity contribution in [1.29, 1.82) is 5.26 Å². The fourth-order valence-electron chi connectivity index (χ4n) is 2.89. The molecular formula is C19H25N3O3. The Morgan fingerprint density at radius 3 is 2.68 bits per heavy atom. The fourth-order valence-corrected chi connectivity index (χ4v) is 2.89. The van der Waals surface area contributed by atoms with Gasteiger partial charge in [-0.05, 0) is 58.7 Å². The van der Waals surface area contributed by atoms with Crippen LogP contribution in [-0.2, 0) is 4.74 Å². The number of rotatable bonds is 3. The van der Waals surface area contributed by atoms with E-state index >= 15 is 0 Å². The number of nitrogens with zero attached hydrogens (tertiary/aromatic N) is 2. The van der Waals surface area contributed by atoms with Gasteiger partial charge < -0.3 is 15.0 Å². The molecule has 1 amide bonds. The van der Waals surface area contributed by atoms with Crippen LogP contribution in [0, 0.1) is 11.3 Å². The lowest BCUT2D eigenvalue weighted by Gasteiger charge is -2.35. The van der Waals surface area contributed by atoms with E-state index in [1.165, 1.54) is 6.92 Å². The van der Waals surface area contributed by atoms with Crippen LogP contribution in [0.4, 0.5) is 10.5 Å². The van der Waals surface area contributed by atoms with Crippen LogP contribution in [0.5, 0.6) is 0 Å². The highest BCUT2D eigenvalue weighted by molar-refractivity contribution is 5.95. The van der Waals surface area contributed by atoms with Crippen LogP contribution in [-0.4, -0.2) is 36.6 Å². The Balaban J connectivity index is 2.13. The summed E-state index contributed by atoms with van der Waals surface area (Å²) in [7, 11) is 0.